The third-order valence-electron chi connectivity index (χ3n) is 2.47. The second-order valence-corrected chi connectivity index (χ2v) is 3.92. The lowest BCUT2D eigenvalue weighted by Gasteiger charge is -2.09. The summed E-state index contributed by atoms with van der Waals surface area (Å²) in [5, 5.41) is 11.8. The molecule has 0 aliphatic heterocycles. The lowest BCUT2D eigenvalue weighted by atomic mass is 10.1. The summed E-state index contributed by atoms with van der Waals surface area (Å²) in [4.78, 5) is 11.6. The van der Waals surface area contributed by atoms with Crippen LogP contribution >= 0.6 is 0 Å². The maximum Gasteiger partial charge on any atom is 0.389 e. The molecule has 0 radical (unpaired) electrons. The number of benzene rings is 1. The fourth-order valence-corrected chi connectivity index (χ4v) is 1.46. The number of alkyl halides is 3. The Hall–Kier alpha value is -1.72. The number of carbonyl (C=O) groups is 1. The highest BCUT2D eigenvalue weighted by atomic mass is 19.4. The zero-order chi connectivity index (χ0) is 13.8. The predicted octanol–water partition coefficient (Wildman–Crippen LogP) is 2.77. The molecular formula is C12H14F3NO2. The van der Waals surface area contributed by atoms with Crippen LogP contribution in [0.25, 0.3) is 0 Å². The highest BCUT2D eigenvalue weighted by molar-refractivity contribution is 5.96. The summed E-state index contributed by atoms with van der Waals surface area (Å²) in [6.45, 7) is 1.52. The number of halogens is 3. The summed E-state index contributed by atoms with van der Waals surface area (Å²) in [7, 11) is 0. The van der Waals surface area contributed by atoms with Gasteiger partial charge < -0.3 is 10.4 Å². The van der Waals surface area contributed by atoms with Crippen LogP contribution in [0.15, 0.2) is 18.2 Å². The van der Waals surface area contributed by atoms with E-state index in [1.165, 1.54) is 18.2 Å². The lowest BCUT2D eigenvalue weighted by Crippen LogP contribution is -2.26. The maximum atomic E-state index is 11.9. The fourth-order valence-electron chi connectivity index (χ4n) is 1.46. The first kappa shape index (κ1) is 14.3. The van der Waals surface area contributed by atoms with Crippen molar-refractivity contribution in [2.45, 2.75) is 25.9 Å². The second-order valence-electron chi connectivity index (χ2n) is 3.92. The Kier molecular flexibility index (Phi) is 4.58. The van der Waals surface area contributed by atoms with Crippen molar-refractivity contribution in [3.63, 3.8) is 0 Å². The van der Waals surface area contributed by atoms with Crippen molar-refractivity contribution in [3.05, 3.63) is 29.3 Å². The maximum absolute atomic E-state index is 11.9. The Balaban J connectivity index is 2.49. The van der Waals surface area contributed by atoms with Gasteiger partial charge in [-0.1, -0.05) is 6.07 Å². The Morgan fingerprint density at radius 3 is 2.67 bits per heavy atom. The quantitative estimate of drug-likeness (QED) is 0.819. The van der Waals surface area contributed by atoms with Crippen molar-refractivity contribution >= 4 is 5.91 Å². The average Bonchev–Trinajstić information content (AvgIpc) is 2.26. The Morgan fingerprint density at radius 2 is 2.06 bits per heavy atom. The second kappa shape index (κ2) is 5.75. The molecule has 0 bridgehead atoms. The molecule has 3 nitrogen and oxygen atoms in total. The molecule has 1 rings (SSSR count). The molecule has 0 aliphatic carbocycles. The van der Waals surface area contributed by atoms with Crippen LogP contribution in [0.3, 0.4) is 0 Å². The molecule has 2 N–H and O–H groups in total. The van der Waals surface area contributed by atoms with E-state index in [2.05, 4.69) is 5.32 Å². The van der Waals surface area contributed by atoms with E-state index < -0.39 is 18.5 Å². The Bertz CT molecular complexity index is 430. The normalized spacial score (nSPS) is 11.3. The standard InChI is InChI=1S/C12H14F3NO2/c1-8-9(4-2-5-10(8)17)11(18)16-7-3-6-12(13,14)15/h2,4-5,17H,3,6-7H2,1H3,(H,16,18). The molecule has 0 unspecified atom stereocenters. The monoisotopic (exact) mass is 261 g/mol. The van der Waals surface area contributed by atoms with Gasteiger partial charge in [0, 0.05) is 24.1 Å². The summed E-state index contributed by atoms with van der Waals surface area (Å²) in [5.41, 5.74) is 0.674. The van der Waals surface area contributed by atoms with Gasteiger partial charge in [-0.2, -0.15) is 13.2 Å². The van der Waals surface area contributed by atoms with Crippen LogP contribution in [0.2, 0.25) is 0 Å². The van der Waals surface area contributed by atoms with Gasteiger partial charge in [0.2, 0.25) is 0 Å². The zero-order valence-electron chi connectivity index (χ0n) is 9.84. The van der Waals surface area contributed by atoms with Crippen molar-refractivity contribution < 1.29 is 23.1 Å². The Labute approximate surface area is 103 Å². The van der Waals surface area contributed by atoms with Gasteiger partial charge in [-0.05, 0) is 25.5 Å². The summed E-state index contributed by atoms with van der Waals surface area (Å²) in [6.07, 6.45) is -5.29. The van der Waals surface area contributed by atoms with Gasteiger partial charge >= 0.3 is 6.18 Å². The minimum atomic E-state index is -4.20. The van der Waals surface area contributed by atoms with Gasteiger partial charge in [-0.15, -0.1) is 0 Å². The van der Waals surface area contributed by atoms with Crippen LogP contribution in [0.5, 0.6) is 5.75 Å². The minimum absolute atomic E-state index is 0.0158. The van der Waals surface area contributed by atoms with Gasteiger partial charge in [0.15, 0.2) is 0 Å². The Morgan fingerprint density at radius 1 is 1.39 bits per heavy atom. The number of rotatable bonds is 4. The lowest BCUT2D eigenvalue weighted by molar-refractivity contribution is -0.135. The van der Waals surface area contributed by atoms with E-state index in [0.717, 1.165) is 0 Å². The topological polar surface area (TPSA) is 49.3 Å². The number of amides is 1. The first-order chi connectivity index (χ1) is 8.31. The van der Waals surface area contributed by atoms with Crippen LogP contribution < -0.4 is 5.32 Å². The van der Waals surface area contributed by atoms with E-state index in [-0.39, 0.29) is 24.3 Å². The van der Waals surface area contributed by atoms with Gasteiger partial charge in [0.05, 0.1) is 0 Å². The number of phenols is 1. The summed E-state index contributed by atoms with van der Waals surface area (Å²) in [5.74, 6) is -0.497. The van der Waals surface area contributed by atoms with Crippen molar-refractivity contribution in [2.24, 2.45) is 0 Å². The molecule has 0 saturated carbocycles. The van der Waals surface area contributed by atoms with Crippen molar-refractivity contribution in [2.75, 3.05) is 6.54 Å². The third kappa shape index (κ3) is 4.27. The number of phenolic OH excluding ortho intramolecular Hbond substituents is 1. The molecule has 1 aromatic carbocycles. The van der Waals surface area contributed by atoms with Crippen LogP contribution in [0, 0.1) is 6.92 Å². The minimum Gasteiger partial charge on any atom is -0.508 e. The van der Waals surface area contributed by atoms with Crippen molar-refractivity contribution in [3.8, 4) is 5.75 Å². The first-order valence-electron chi connectivity index (χ1n) is 5.45. The molecule has 0 spiro atoms. The summed E-state index contributed by atoms with van der Waals surface area (Å²) in [6, 6.07) is 4.46. The van der Waals surface area contributed by atoms with E-state index in [0.29, 0.717) is 5.56 Å². The summed E-state index contributed by atoms with van der Waals surface area (Å²) < 4.78 is 35.6. The van der Waals surface area contributed by atoms with Gasteiger partial charge in [-0.25, -0.2) is 0 Å². The number of nitrogens with one attached hydrogen (secondary N) is 1. The number of carbonyl (C=O) groups excluding carboxylic acids is 1. The van der Waals surface area contributed by atoms with E-state index >= 15 is 0 Å². The van der Waals surface area contributed by atoms with Crippen LogP contribution in [0.1, 0.15) is 28.8 Å². The van der Waals surface area contributed by atoms with Crippen LogP contribution in [0.4, 0.5) is 13.2 Å². The molecule has 1 aromatic rings. The SMILES string of the molecule is Cc1c(O)cccc1C(=O)NCCCC(F)(F)F. The average molecular weight is 261 g/mol. The third-order valence-corrected chi connectivity index (χ3v) is 2.47. The highest BCUT2D eigenvalue weighted by Gasteiger charge is 2.26. The number of hydrogen-bond acceptors (Lipinski definition) is 2. The largest absolute Gasteiger partial charge is 0.508 e. The number of hydrogen-bond donors (Lipinski definition) is 2. The molecule has 6 heteroatoms. The molecule has 0 aromatic heterocycles. The fraction of sp³-hybridized carbons (Fsp3) is 0.417. The highest BCUT2D eigenvalue weighted by Crippen LogP contribution is 2.21. The summed E-state index contributed by atoms with van der Waals surface area (Å²) >= 11 is 0. The molecule has 100 valence electrons. The van der Waals surface area contributed by atoms with Gasteiger partial charge in [-0.3, -0.25) is 4.79 Å². The van der Waals surface area contributed by atoms with E-state index in [9.17, 15) is 23.1 Å². The molecular weight excluding hydrogens is 247 g/mol. The predicted molar refractivity (Wildman–Crippen MR) is 60.5 cm³/mol. The first-order valence-corrected chi connectivity index (χ1v) is 5.45. The van der Waals surface area contributed by atoms with Crippen molar-refractivity contribution in [1.29, 1.82) is 0 Å². The van der Waals surface area contributed by atoms with E-state index in [1.54, 1.807) is 6.92 Å². The van der Waals surface area contributed by atoms with E-state index in [4.69, 9.17) is 0 Å². The molecule has 0 atom stereocenters. The molecule has 0 aliphatic rings. The molecule has 0 heterocycles. The molecule has 18 heavy (non-hydrogen) atoms. The molecule has 0 saturated heterocycles. The van der Waals surface area contributed by atoms with Gasteiger partial charge in [0.1, 0.15) is 5.75 Å². The van der Waals surface area contributed by atoms with Crippen molar-refractivity contribution in [1.82, 2.24) is 5.32 Å². The smallest absolute Gasteiger partial charge is 0.389 e. The van der Waals surface area contributed by atoms with Gasteiger partial charge in [0.25, 0.3) is 5.91 Å². The van der Waals surface area contributed by atoms with Crippen LogP contribution in [-0.2, 0) is 0 Å². The number of aromatic hydroxyl groups is 1. The van der Waals surface area contributed by atoms with Crippen LogP contribution in [-0.4, -0.2) is 23.7 Å². The molecule has 1 amide bonds. The molecule has 0 fully saturated rings. The zero-order valence-corrected chi connectivity index (χ0v) is 9.84. The van der Waals surface area contributed by atoms with E-state index in [1.807, 2.05) is 0 Å².